The largest absolute Gasteiger partial charge is 0.455 e. The molecule has 0 amide bonds. The number of rotatable bonds is 7. The number of Topliss-reactive ketones (excluding diaryl/α,β-unsaturated/α-hetero) is 1. The van der Waals surface area contributed by atoms with E-state index in [-0.39, 0.29) is 11.3 Å². The van der Waals surface area contributed by atoms with E-state index >= 15 is 0 Å². The van der Waals surface area contributed by atoms with Gasteiger partial charge in [0, 0.05) is 22.0 Å². The summed E-state index contributed by atoms with van der Waals surface area (Å²) in [5.74, 6) is 1.80. The highest BCUT2D eigenvalue weighted by atomic mass is 79.9. The lowest BCUT2D eigenvalue weighted by atomic mass is 10.1. The lowest BCUT2D eigenvalue weighted by Crippen LogP contribution is -2.22. The molecule has 2 aromatic carbocycles. The summed E-state index contributed by atoms with van der Waals surface area (Å²) in [5, 5.41) is 4.92. The molecule has 4 aromatic rings. The van der Waals surface area contributed by atoms with Gasteiger partial charge in [0.25, 0.3) is 5.56 Å². The van der Waals surface area contributed by atoms with Gasteiger partial charge in [-0.3, -0.25) is 9.59 Å². The number of furan rings is 1. The number of carbonyl (C=O) groups is 1. The zero-order chi connectivity index (χ0) is 22.7. The Morgan fingerprint density at radius 2 is 1.94 bits per heavy atom. The van der Waals surface area contributed by atoms with Gasteiger partial charge >= 0.3 is 0 Å². The van der Waals surface area contributed by atoms with Crippen LogP contribution < -0.4 is 5.56 Å². The van der Waals surface area contributed by atoms with Crippen LogP contribution >= 0.6 is 15.9 Å². The first-order valence-corrected chi connectivity index (χ1v) is 11.2. The molecule has 0 radical (unpaired) electrons. The first-order chi connectivity index (χ1) is 15.5. The molecule has 0 spiro atoms. The Morgan fingerprint density at radius 1 is 1.16 bits per heavy atom. The lowest BCUT2D eigenvalue weighted by molar-refractivity contribution is 0.101. The summed E-state index contributed by atoms with van der Waals surface area (Å²) in [5.41, 5.74) is 1.94. The van der Waals surface area contributed by atoms with Crippen LogP contribution in [0.4, 0.5) is 0 Å². The minimum atomic E-state index is -0.217. The second kappa shape index (κ2) is 9.44. The van der Waals surface area contributed by atoms with Gasteiger partial charge in [-0.25, -0.2) is 4.98 Å². The second-order valence-electron chi connectivity index (χ2n) is 7.49. The third kappa shape index (κ3) is 4.62. The number of aryl methyl sites for hydroxylation is 1. The highest BCUT2D eigenvalue weighted by Crippen LogP contribution is 2.22. The summed E-state index contributed by atoms with van der Waals surface area (Å²) in [6.07, 6.45) is 4.07. The van der Waals surface area contributed by atoms with Crippen molar-refractivity contribution in [3.05, 3.63) is 86.6 Å². The third-order valence-corrected chi connectivity index (χ3v) is 5.63. The van der Waals surface area contributed by atoms with E-state index in [0.29, 0.717) is 40.2 Å². The fourth-order valence-corrected chi connectivity index (χ4v) is 3.73. The molecule has 0 saturated carbocycles. The molecule has 6 nitrogen and oxygen atoms in total. The van der Waals surface area contributed by atoms with Crippen molar-refractivity contribution in [2.45, 2.75) is 33.1 Å². The van der Waals surface area contributed by atoms with Crippen LogP contribution in [0.15, 0.2) is 73.4 Å². The van der Waals surface area contributed by atoms with Gasteiger partial charge < -0.3 is 4.42 Å². The topological polar surface area (TPSA) is 77.5 Å². The van der Waals surface area contributed by atoms with E-state index in [1.54, 1.807) is 24.3 Å². The highest BCUT2D eigenvalue weighted by Gasteiger charge is 2.11. The SMILES string of the molecule is CCCCc1nc2ccc(Br)cc2c(=O)n1N=Cc1ccc(-c2ccc(C(C)=O)cc2)o1. The zero-order valence-corrected chi connectivity index (χ0v) is 19.4. The van der Waals surface area contributed by atoms with E-state index in [0.717, 1.165) is 22.9 Å². The predicted molar refractivity (Wildman–Crippen MR) is 129 cm³/mol. The van der Waals surface area contributed by atoms with Crippen LogP contribution in [0.3, 0.4) is 0 Å². The van der Waals surface area contributed by atoms with Gasteiger partial charge in [-0.2, -0.15) is 9.78 Å². The van der Waals surface area contributed by atoms with Gasteiger partial charge in [0.15, 0.2) is 5.78 Å². The van der Waals surface area contributed by atoms with E-state index in [1.165, 1.54) is 17.8 Å². The van der Waals surface area contributed by atoms with Crippen molar-refractivity contribution in [1.82, 2.24) is 9.66 Å². The molecule has 0 bridgehead atoms. The van der Waals surface area contributed by atoms with Crippen LogP contribution in [-0.4, -0.2) is 21.7 Å². The van der Waals surface area contributed by atoms with Crippen molar-refractivity contribution in [3.8, 4) is 11.3 Å². The molecule has 2 aromatic heterocycles. The predicted octanol–water partition coefficient (Wildman–Crippen LogP) is 5.85. The number of ketones is 1. The Kier molecular flexibility index (Phi) is 6.46. The van der Waals surface area contributed by atoms with Crippen LogP contribution in [0.5, 0.6) is 0 Å². The molecule has 0 fully saturated rings. The number of aromatic nitrogens is 2. The number of halogens is 1. The Labute approximate surface area is 193 Å². The maximum Gasteiger partial charge on any atom is 0.282 e. The summed E-state index contributed by atoms with van der Waals surface area (Å²) in [7, 11) is 0. The molecule has 7 heteroatoms. The zero-order valence-electron chi connectivity index (χ0n) is 17.8. The van der Waals surface area contributed by atoms with Gasteiger partial charge in [-0.05, 0) is 43.7 Å². The molecule has 2 heterocycles. The average Bonchev–Trinajstić information content (AvgIpc) is 3.26. The Bertz CT molecular complexity index is 1370. The molecule has 0 unspecified atom stereocenters. The molecule has 32 heavy (non-hydrogen) atoms. The van der Waals surface area contributed by atoms with E-state index < -0.39 is 0 Å². The number of hydrogen-bond acceptors (Lipinski definition) is 5. The van der Waals surface area contributed by atoms with Crippen molar-refractivity contribution in [2.24, 2.45) is 5.10 Å². The smallest absolute Gasteiger partial charge is 0.282 e. The molecule has 0 atom stereocenters. The normalized spacial score (nSPS) is 11.5. The summed E-state index contributed by atoms with van der Waals surface area (Å²) in [4.78, 5) is 29.3. The van der Waals surface area contributed by atoms with Crippen LogP contribution in [0.1, 0.15) is 48.6 Å². The van der Waals surface area contributed by atoms with Crippen molar-refractivity contribution in [3.63, 3.8) is 0 Å². The third-order valence-electron chi connectivity index (χ3n) is 5.13. The number of benzene rings is 2. The quantitative estimate of drug-likeness (QED) is 0.240. The van der Waals surface area contributed by atoms with Crippen molar-refractivity contribution in [1.29, 1.82) is 0 Å². The van der Waals surface area contributed by atoms with Crippen LogP contribution in [0.25, 0.3) is 22.2 Å². The van der Waals surface area contributed by atoms with E-state index in [9.17, 15) is 9.59 Å². The van der Waals surface area contributed by atoms with E-state index in [2.05, 4.69) is 32.9 Å². The number of nitrogens with zero attached hydrogens (tertiary/aromatic N) is 3. The molecule has 0 aliphatic carbocycles. The van der Waals surface area contributed by atoms with E-state index in [4.69, 9.17) is 4.42 Å². The fraction of sp³-hybridized carbons (Fsp3) is 0.200. The van der Waals surface area contributed by atoms with E-state index in [1.807, 2.05) is 30.3 Å². The Balaban J connectivity index is 1.68. The molecule has 162 valence electrons. The average molecular weight is 492 g/mol. The standard InChI is InChI=1S/C25H22BrN3O3/c1-3-4-5-24-28-22-12-10-19(26)14-21(22)25(31)29(24)27-15-20-11-13-23(32-20)18-8-6-17(7-9-18)16(2)30/h6-15H,3-5H2,1-2H3. The monoisotopic (exact) mass is 491 g/mol. The Hall–Kier alpha value is -3.32. The van der Waals surface area contributed by atoms with Gasteiger partial charge in [0.1, 0.15) is 17.3 Å². The van der Waals surface area contributed by atoms with Crippen LogP contribution in [0, 0.1) is 0 Å². The highest BCUT2D eigenvalue weighted by molar-refractivity contribution is 9.10. The molecule has 4 rings (SSSR count). The summed E-state index contributed by atoms with van der Waals surface area (Å²) in [6.45, 7) is 3.63. The molecular formula is C25H22BrN3O3. The summed E-state index contributed by atoms with van der Waals surface area (Å²) in [6, 6.07) is 16.3. The maximum atomic E-state index is 13.1. The van der Waals surface area contributed by atoms with Crippen molar-refractivity contribution < 1.29 is 9.21 Å². The summed E-state index contributed by atoms with van der Waals surface area (Å²) < 4.78 is 8.05. The van der Waals surface area contributed by atoms with Gasteiger partial charge in [0.2, 0.25) is 0 Å². The second-order valence-corrected chi connectivity index (χ2v) is 8.41. The Morgan fingerprint density at radius 3 is 2.66 bits per heavy atom. The molecule has 0 aliphatic heterocycles. The number of unbranched alkanes of at least 4 members (excludes halogenated alkanes) is 1. The van der Waals surface area contributed by atoms with Crippen LogP contribution in [-0.2, 0) is 6.42 Å². The molecule has 0 saturated heterocycles. The number of fused-ring (bicyclic) bond motifs is 1. The molecule has 0 N–H and O–H groups in total. The first kappa shape index (κ1) is 21.9. The lowest BCUT2D eigenvalue weighted by Gasteiger charge is -2.08. The molecule has 0 aliphatic rings. The number of hydrogen-bond donors (Lipinski definition) is 0. The number of carbonyl (C=O) groups excluding carboxylic acids is 1. The first-order valence-electron chi connectivity index (χ1n) is 10.4. The minimum absolute atomic E-state index is 0.0177. The maximum absolute atomic E-state index is 13.1. The van der Waals surface area contributed by atoms with Gasteiger partial charge in [-0.15, -0.1) is 0 Å². The van der Waals surface area contributed by atoms with Gasteiger partial charge in [-0.1, -0.05) is 53.5 Å². The summed E-state index contributed by atoms with van der Waals surface area (Å²) >= 11 is 3.42. The van der Waals surface area contributed by atoms with Crippen LogP contribution in [0.2, 0.25) is 0 Å². The molecular weight excluding hydrogens is 470 g/mol. The van der Waals surface area contributed by atoms with Gasteiger partial charge in [0.05, 0.1) is 17.1 Å². The minimum Gasteiger partial charge on any atom is -0.455 e. The van der Waals surface area contributed by atoms with Crippen molar-refractivity contribution in [2.75, 3.05) is 0 Å². The fourth-order valence-electron chi connectivity index (χ4n) is 3.37. The van der Waals surface area contributed by atoms with Crippen molar-refractivity contribution >= 4 is 38.8 Å².